The molecule has 1 amide bonds. The Morgan fingerprint density at radius 3 is 2.42 bits per heavy atom. The zero-order valence-electron chi connectivity index (χ0n) is 14.5. The van der Waals surface area contributed by atoms with Gasteiger partial charge >= 0.3 is 0 Å². The molecule has 0 saturated carbocycles. The fraction of sp³-hybridized carbons (Fsp3) is 0.143. The van der Waals surface area contributed by atoms with Crippen LogP contribution in [0, 0.1) is 18.6 Å². The van der Waals surface area contributed by atoms with Gasteiger partial charge in [-0.25, -0.2) is 8.78 Å². The van der Waals surface area contributed by atoms with Crippen LogP contribution in [0.5, 0.6) is 0 Å². The molecule has 1 unspecified atom stereocenters. The normalized spacial score (nSPS) is 11.8. The Bertz CT molecular complexity index is 942. The molecule has 1 heterocycles. The number of pyridine rings is 1. The summed E-state index contributed by atoms with van der Waals surface area (Å²) in [5, 5.41) is 2.73. The van der Waals surface area contributed by atoms with Crippen LogP contribution in [0.1, 0.15) is 34.6 Å². The van der Waals surface area contributed by atoms with E-state index in [-0.39, 0.29) is 11.5 Å². The molecule has 132 valence electrons. The minimum absolute atomic E-state index is 0.228. The van der Waals surface area contributed by atoms with E-state index >= 15 is 0 Å². The molecular weight excluding hydrogens is 334 g/mol. The average Bonchev–Trinajstić information content (AvgIpc) is 2.62. The first-order valence-corrected chi connectivity index (χ1v) is 8.24. The lowest BCUT2D eigenvalue weighted by Gasteiger charge is -2.16. The van der Waals surface area contributed by atoms with Gasteiger partial charge in [0.05, 0.1) is 23.0 Å². The Labute approximate surface area is 150 Å². The van der Waals surface area contributed by atoms with Gasteiger partial charge in [-0.3, -0.25) is 9.78 Å². The minimum atomic E-state index is -0.688. The van der Waals surface area contributed by atoms with Crippen molar-refractivity contribution < 1.29 is 13.6 Å². The SMILES string of the molecule is Cc1nc(-c2ccccc2)ccc1C(=O)NC(C)c1ccc(F)cc1F. The van der Waals surface area contributed by atoms with Crippen LogP contribution in [-0.4, -0.2) is 10.9 Å². The number of hydrogen-bond donors (Lipinski definition) is 1. The molecule has 0 aliphatic heterocycles. The summed E-state index contributed by atoms with van der Waals surface area (Å²) in [5.74, 6) is -1.70. The lowest BCUT2D eigenvalue weighted by molar-refractivity contribution is 0.0938. The number of amides is 1. The Morgan fingerprint density at radius 1 is 1.04 bits per heavy atom. The summed E-state index contributed by atoms with van der Waals surface area (Å²) in [7, 11) is 0. The summed E-state index contributed by atoms with van der Waals surface area (Å²) in [6.45, 7) is 3.40. The maximum atomic E-state index is 13.9. The van der Waals surface area contributed by atoms with Gasteiger partial charge < -0.3 is 5.32 Å². The van der Waals surface area contributed by atoms with Crippen LogP contribution in [-0.2, 0) is 0 Å². The van der Waals surface area contributed by atoms with Crippen molar-refractivity contribution in [3.63, 3.8) is 0 Å². The number of rotatable bonds is 4. The zero-order valence-corrected chi connectivity index (χ0v) is 14.5. The molecule has 1 atom stereocenters. The molecule has 0 aliphatic carbocycles. The van der Waals surface area contributed by atoms with Crippen LogP contribution in [0.3, 0.4) is 0 Å². The van der Waals surface area contributed by atoms with E-state index < -0.39 is 17.7 Å². The van der Waals surface area contributed by atoms with E-state index in [1.165, 1.54) is 12.1 Å². The maximum absolute atomic E-state index is 13.9. The van der Waals surface area contributed by atoms with Crippen molar-refractivity contribution in [3.05, 3.63) is 89.1 Å². The van der Waals surface area contributed by atoms with E-state index in [1.807, 2.05) is 30.3 Å². The lowest BCUT2D eigenvalue weighted by Crippen LogP contribution is -2.28. The summed E-state index contributed by atoms with van der Waals surface area (Å²) < 4.78 is 26.9. The summed E-state index contributed by atoms with van der Waals surface area (Å²) in [6, 6.07) is 15.8. The van der Waals surface area contributed by atoms with Crippen LogP contribution in [0.25, 0.3) is 11.3 Å². The van der Waals surface area contributed by atoms with Gasteiger partial charge in [0, 0.05) is 17.2 Å². The van der Waals surface area contributed by atoms with Gasteiger partial charge in [0.2, 0.25) is 0 Å². The molecule has 0 bridgehead atoms. The second-order valence-corrected chi connectivity index (χ2v) is 6.06. The van der Waals surface area contributed by atoms with Crippen LogP contribution in [0.2, 0.25) is 0 Å². The van der Waals surface area contributed by atoms with Gasteiger partial charge in [-0.2, -0.15) is 0 Å². The smallest absolute Gasteiger partial charge is 0.253 e. The van der Waals surface area contributed by atoms with Crippen molar-refractivity contribution in [1.29, 1.82) is 0 Å². The monoisotopic (exact) mass is 352 g/mol. The minimum Gasteiger partial charge on any atom is -0.345 e. The van der Waals surface area contributed by atoms with Crippen molar-refractivity contribution >= 4 is 5.91 Å². The summed E-state index contributed by atoms with van der Waals surface area (Å²) in [6.07, 6.45) is 0. The average molecular weight is 352 g/mol. The van der Waals surface area contributed by atoms with Crippen LogP contribution in [0.15, 0.2) is 60.7 Å². The topological polar surface area (TPSA) is 42.0 Å². The largest absolute Gasteiger partial charge is 0.345 e. The summed E-state index contributed by atoms with van der Waals surface area (Å²) in [5.41, 5.74) is 2.96. The second-order valence-electron chi connectivity index (χ2n) is 6.06. The number of benzene rings is 2. The Balaban J connectivity index is 1.79. The first-order chi connectivity index (χ1) is 12.5. The van der Waals surface area contributed by atoms with E-state index in [2.05, 4.69) is 10.3 Å². The molecule has 3 rings (SSSR count). The number of carbonyl (C=O) groups excluding carboxylic acids is 1. The van der Waals surface area contributed by atoms with Crippen molar-refractivity contribution in [2.24, 2.45) is 0 Å². The van der Waals surface area contributed by atoms with E-state index in [0.29, 0.717) is 11.3 Å². The molecule has 0 radical (unpaired) electrons. The number of halogens is 2. The van der Waals surface area contributed by atoms with Gasteiger partial charge in [-0.05, 0) is 32.0 Å². The van der Waals surface area contributed by atoms with Crippen molar-refractivity contribution in [1.82, 2.24) is 10.3 Å². The van der Waals surface area contributed by atoms with E-state index in [9.17, 15) is 13.6 Å². The molecule has 1 N–H and O–H groups in total. The van der Waals surface area contributed by atoms with Gasteiger partial charge in [-0.1, -0.05) is 36.4 Å². The first-order valence-electron chi connectivity index (χ1n) is 8.24. The number of nitrogens with one attached hydrogen (secondary N) is 1. The van der Waals surface area contributed by atoms with Gasteiger partial charge in [0.15, 0.2) is 0 Å². The van der Waals surface area contributed by atoms with Crippen molar-refractivity contribution in [2.75, 3.05) is 0 Å². The summed E-state index contributed by atoms with van der Waals surface area (Å²) >= 11 is 0. The highest BCUT2D eigenvalue weighted by molar-refractivity contribution is 5.95. The van der Waals surface area contributed by atoms with Gasteiger partial charge in [0.1, 0.15) is 11.6 Å². The molecule has 5 heteroatoms. The molecule has 0 saturated heterocycles. The van der Waals surface area contributed by atoms with Gasteiger partial charge in [-0.15, -0.1) is 0 Å². The third kappa shape index (κ3) is 3.77. The fourth-order valence-electron chi connectivity index (χ4n) is 2.78. The van der Waals surface area contributed by atoms with Crippen LogP contribution in [0.4, 0.5) is 8.78 Å². The van der Waals surface area contributed by atoms with Gasteiger partial charge in [0.25, 0.3) is 5.91 Å². The molecule has 26 heavy (non-hydrogen) atoms. The maximum Gasteiger partial charge on any atom is 0.253 e. The Kier molecular flexibility index (Phi) is 5.07. The molecule has 3 nitrogen and oxygen atoms in total. The first kappa shape index (κ1) is 17.7. The highest BCUT2D eigenvalue weighted by Crippen LogP contribution is 2.21. The number of hydrogen-bond acceptors (Lipinski definition) is 2. The molecule has 0 spiro atoms. The molecular formula is C21H18F2N2O. The predicted octanol–water partition coefficient (Wildman–Crippen LogP) is 4.83. The predicted molar refractivity (Wildman–Crippen MR) is 96.6 cm³/mol. The highest BCUT2D eigenvalue weighted by Gasteiger charge is 2.17. The lowest BCUT2D eigenvalue weighted by atomic mass is 10.1. The highest BCUT2D eigenvalue weighted by atomic mass is 19.1. The quantitative estimate of drug-likeness (QED) is 0.731. The fourth-order valence-corrected chi connectivity index (χ4v) is 2.78. The van der Waals surface area contributed by atoms with E-state index in [4.69, 9.17) is 0 Å². The molecule has 3 aromatic rings. The molecule has 0 fully saturated rings. The van der Waals surface area contributed by atoms with Crippen LogP contribution < -0.4 is 5.32 Å². The standard InChI is InChI=1S/C21H18F2N2O/c1-13(17-9-8-16(22)12-19(17)23)25-21(26)18-10-11-20(24-14(18)2)15-6-4-3-5-7-15/h3-13H,1-2H3,(H,25,26). The molecule has 1 aromatic heterocycles. The third-order valence-corrected chi connectivity index (χ3v) is 4.18. The molecule has 2 aromatic carbocycles. The number of aromatic nitrogens is 1. The summed E-state index contributed by atoms with van der Waals surface area (Å²) in [4.78, 5) is 17.0. The van der Waals surface area contributed by atoms with Crippen molar-refractivity contribution in [2.45, 2.75) is 19.9 Å². The Hall–Kier alpha value is -3.08. The molecule has 0 aliphatic rings. The number of nitrogens with zero attached hydrogens (tertiary/aromatic N) is 1. The third-order valence-electron chi connectivity index (χ3n) is 4.18. The van der Waals surface area contributed by atoms with Crippen LogP contribution >= 0.6 is 0 Å². The number of carbonyl (C=O) groups is 1. The van der Waals surface area contributed by atoms with E-state index in [0.717, 1.165) is 17.3 Å². The van der Waals surface area contributed by atoms with E-state index in [1.54, 1.807) is 26.0 Å². The number of aryl methyl sites for hydroxylation is 1. The Morgan fingerprint density at radius 2 is 1.77 bits per heavy atom. The zero-order chi connectivity index (χ0) is 18.7. The van der Waals surface area contributed by atoms with Crippen molar-refractivity contribution in [3.8, 4) is 11.3 Å². The second kappa shape index (κ2) is 7.44.